The van der Waals surface area contributed by atoms with Gasteiger partial charge in [0.15, 0.2) is 0 Å². The topological polar surface area (TPSA) is 70.3 Å². The third kappa shape index (κ3) is 3.99. The fourth-order valence-electron chi connectivity index (χ4n) is 1.15. The largest absolute Gasteiger partial charge is 0.508 e. The maximum Gasteiger partial charge on any atom is 0.348 e. The van der Waals surface area contributed by atoms with Crippen LogP contribution < -0.4 is 0 Å². The van der Waals surface area contributed by atoms with E-state index in [0.717, 1.165) is 0 Å². The van der Waals surface area contributed by atoms with Gasteiger partial charge in [-0.2, -0.15) is 5.26 Å². The predicted octanol–water partition coefficient (Wildman–Crippen LogP) is 2.25. The number of ether oxygens (including phenoxy) is 1. The summed E-state index contributed by atoms with van der Waals surface area (Å²) in [6.07, 6.45) is 2.14. The van der Waals surface area contributed by atoms with Crippen molar-refractivity contribution in [3.8, 4) is 11.8 Å². The van der Waals surface area contributed by atoms with E-state index in [4.69, 9.17) is 15.1 Å². The summed E-state index contributed by atoms with van der Waals surface area (Å²) in [5, 5.41) is 17.9. The van der Waals surface area contributed by atoms with E-state index in [2.05, 4.69) is 0 Å². The summed E-state index contributed by atoms with van der Waals surface area (Å²) in [5.74, 6) is -0.489. The zero-order chi connectivity index (χ0) is 12.7. The molecule has 0 aromatic heterocycles. The van der Waals surface area contributed by atoms with Crippen molar-refractivity contribution in [2.45, 2.75) is 13.3 Å². The minimum Gasteiger partial charge on any atom is -0.508 e. The third-order valence-electron chi connectivity index (χ3n) is 1.98. The van der Waals surface area contributed by atoms with Gasteiger partial charge in [-0.25, -0.2) is 4.79 Å². The summed E-state index contributed by atoms with van der Waals surface area (Å²) >= 11 is 0. The van der Waals surface area contributed by atoms with Crippen LogP contribution in [0.4, 0.5) is 0 Å². The second-order valence-corrected chi connectivity index (χ2v) is 3.40. The normalized spacial score (nSPS) is 10.7. The zero-order valence-corrected chi connectivity index (χ0v) is 9.51. The van der Waals surface area contributed by atoms with Gasteiger partial charge in [-0.15, -0.1) is 0 Å². The monoisotopic (exact) mass is 231 g/mol. The Balaban J connectivity index is 2.83. The predicted molar refractivity (Wildman–Crippen MR) is 62.9 cm³/mol. The van der Waals surface area contributed by atoms with E-state index >= 15 is 0 Å². The van der Waals surface area contributed by atoms with Crippen LogP contribution in [0.5, 0.6) is 5.75 Å². The Labute approximate surface area is 99.8 Å². The molecular formula is C13H13NO3. The third-order valence-corrected chi connectivity index (χ3v) is 1.98. The van der Waals surface area contributed by atoms with Crippen molar-refractivity contribution in [1.82, 2.24) is 0 Å². The van der Waals surface area contributed by atoms with E-state index in [1.54, 1.807) is 18.2 Å². The average molecular weight is 231 g/mol. The van der Waals surface area contributed by atoms with Crippen LogP contribution in [0.3, 0.4) is 0 Å². The van der Waals surface area contributed by atoms with Crippen molar-refractivity contribution in [2.24, 2.45) is 0 Å². The highest BCUT2D eigenvalue weighted by Crippen LogP contribution is 2.13. The maximum atomic E-state index is 11.4. The van der Waals surface area contributed by atoms with E-state index in [1.165, 1.54) is 18.2 Å². The van der Waals surface area contributed by atoms with Crippen LogP contribution in [0.1, 0.15) is 18.9 Å². The lowest BCUT2D eigenvalue weighted by molar-refractivity contribution is -0.138. The number of phenols is 1. The molecule has 17 heavy (non-hydrogen) atoms. The van der Waals surface area contributed by atoms with Crippen molar-refractivity contribution < 1.29 is 14.6 Å². The number of carbonyl (C=O) groups excluding carboxylic acids is 1. The smallest absolute Gasteiger partial charge is 0.348 e. The molecule has 4 heteroatoms. The minimum absolute atomic E-state index is 0.0517. The summed E-state index contributed by atoms with van der Waals surface area (Å²) in [5.41, 5.74) is 0.608. The summed E-state index contributed by atoms with van der Waals surface area (Å²) in [4.78, 5) is 11.4. The molecule has 0 fully saturated rings. The molecule has 1 aromatic carbocycles. The molecule has 1 N–H and O–H groups in total. The molecule has 0 aliphatic rings. The standard InChI is InChI=1S/C13H13NO3/c1-2-7-17-13(16)11(9-14)8-10-3-5-12(15)6-4-10/h3-6,8,15H,2,7H2,1H3. The first-order chi connectivity index (χ1) is 8.17. The van der Waals surface area contributed by atoms with Crippen LogP contribution in [-0.2, 0) is 9.53 Å². The molecule has 0 heterocycles. The molecule has 0 atom stereocenters. The zero-order valence-electron chi connectivity index (χ0n) is 9.51. The van der Waals surface area contributed by atoms with Gasteiger partial charge in [0.2, 0.25) is 0 Å². The molecule has 0 unspecified atom stereocenters. The Bertz CT molecular complexity index is 455. The first kappa shape index (κ1) is 12.8. The van der Waals surface area contributed by atoms with Gasteiger partial charge < -0.3 is 9.84 Å². The Kier molecular flexibility index (Phi) is 4.77. The van der Waals surface area contributed by atoms with Crippen LogP contribution in [0.2, 0.25) is 0 Å². The van der Waals surface area contributed by atoms with E-state index in [1.807, 2.05) is 6.92 Å². The number of hydrogen-bond acceptors (Lipinski definition) is 4. The Morgan fingerprint density at radius 2 is 2.12 bits per heavy atom. The first-order valence-electron chi connectivity index (χ1n) is 5.25. The van der Waals surface area contributed by atoms with Crippen molar-refractivity contribution in [3.05, 3.63) is 35.4 Å². The fourth-order valence-corrected chi connectivity index (χ4v) is 1.15. The van der Waals surface area contributed by atoms with E-state index in [9.17, 15) is 4.79 Å². The Morgan fingerprint density at radius 3 is 2.65 bits per heavy atom. The fraction of sp³-hybridized carbons (Fsp3) is 0.231. The summed E-state index contributed by atoms with van der Waals surface area (Å²) < 4.78 is 4.86. The van der Waals surface area contributed by atoms with Crippen molar-refractivity contribution in [3.63, 3.8) is 0 Å². The van der Waals surface area contributed by atoms with Crippen molar-refractivity contribution >= 4 is 12.0 Å². The average Bonchev–Trinajstić information content (AvgIpc) is 2.35. The van der Waals surface area contributed by atoms with Gasteiger partial charge in [0.25, 0.3) is 0 Å². The summed E-state index contributed by atoms with van der Waals surface area (Å²) in [7, 11) is 0. The highest BCUT2D eigenvalue weighted by atomic mass is 16.5. The second-order valence-electron chi connectivity index (χ2n) is 3.40. The number of rotatable bonds is 4. The number of hydrogen-bond donors (Lipinski definition) is 1. The number of nitrogens with zero attached hydrogens (tertiary/aromatic N) is 1. The first-order valence-corrected chi connectivity index (χ1v) is 5.25. The van der Waals surface area contributed by atoms with Gasteiger partial charge in [-0.1, -0.05) is 19.1 Å². The van der Waals surface area contributed by atoms with Crippen LogP contribution in [0, 0.1) is 11.3 Å². The highest BCUT2D eigenvalue weighted by molar-refractivity contribution is 5.97. The molecule has 0 spiro atoms. The molecule has 1 aromatic rings. The Hall–Kier alpha value is -2.28. The van der Waals surface area contributed by atoms with Crippen LogP contribution in [0.25, 0.3) is 6.08 Å². The number of esters is 1. The number of aromatic hydroxyl groups is 1. The van der Waals surface area contributed by atoms with Gasteiger partial charge in [0.1, 0.15) is 17.4 Å². The minimum atomic E-state index is -0.623. The molecule has 88 valence electrons. The molecule has 4 nitrogen and oxygen atoms in total. The molecule has 0 aliphatic carbocycles. The number of nitriles is 1. The Morgan fingerprint density at radius 1 is 1.47 bits per heavy atom. The molecule has 1 rings (SSSR count). The maximum absolute atomic E-state index is 11.4. The van der Waals surface area contributed by atoms with E-state index in [0.29, 0.717) is 18.6 Å². The number of carbonyl (C=O) groups is 1. The lowest BCUT2D eigenvalue weighted by Gasteiger charge is -2.01. The molecule has 0 amide bonds. The molecule has 0 bridgehead atoms. The van der Waals surface area contributed by atoms with Crippen molar-refractivity contribution in [1.29, 1.82) is 5.26 Å². The number of phenolic OH excluding ortho intramolecular Hbond substituents is 1. The van der Waals surface area contributed by atoms with Gasteiger partial charge in [0.05, 0.1) is 6.61 Å². The lowest BCUT2D eigenvalue weighted by atomic mass is 10.1. The van der Waals surface area contributed by atoms with Gasteiger partial charge in [0, 0.05) is 0 Å². The van der Waals surface area contributed by atoms with Gasteiger partial charge >= 0.3 is 5.97 Å². The lowest BCUT2D eigenvalue weighted by Crippen LogP contribution is -2.07. The molecule has 0 saturated carbocycles. The van der Waals surface area contributed by atoms with Gasteiger partial charge in [-0.05, 0) is 30.2 Å². The molecule has 0 aliphatic heterocycles. The highest BCUT2D eigenvalue weighted by Gasteiger charge is 2.09. The van der Waals surface area contributed by atoms with E-state index in [-0.39, 0.29) is 11.3 Å². The van der Waals surface area contributed by atoms with Crippen LogP contribution in [0.15, 0.2) is 29.8 Å². The van der Waals surface area contributed by atoms with Crippen molar-refractivity contribution in [2.75, 3.05) is 6.61 Å². The van der Waals surface area contributed by atoms with Crippen LogP contribution >= 0.6 is 0 Å². The van der Waals surface area contributed by atoms with Gasteiger partial charge in [-0.3, -0.25) is 0 Å². The van der Waals surface area contributed by atoms with Crippen LogP contribution in [-0.4, -0.2) is 17.7 Å². The quantitative estimate of drug-likeness (QED) is 0.490. The second kappa shape index (κ2) is 6.33. The molecule has 0 radical (unpaired) electrons. The SMILES string of the molecule is CCCOC(=O)C(C#N)=Cc1ccc(O)cc1. The summed E-state index contributed by atoms with van der Waals surface area (Å²) in [6, 6.07) is 7.99. The molecular weight excluding hydrogens is 218 g/mol. The van der Waals surface area contributed by atoms with E-state index < -0.39 is 5.97 Å². The summed E-state index contributed by atoms with van der Waals surface area (Å²) in [6.45, 7) is 2.18. The number of benzene rings is 1. The molecule has 0 saturated heterocycles.